The Kier molecular flexibility index (Phi) is 3.40. The molecule has 6 nitrogen and oxygen atoms in total. The van der Waals surface area contributed by atoms with Crippen molar-refractivity contribution in [1.82, 2.24) is 4.57 Å². The Hall–Kier alpha value is -3.80. The van der Waals surface area contributed by atoms with Crippen LogP contribution in [0.15, 0.2) is 65.5 Å². The zero-order chi connectivity index (χ0) is 18.4. The smallest absolute Gasteiger partial charge is 0.263 e. The lowest BCUT2D eigenvalue weighted by Gasteiger charge is -2.16. The number of aromatic nitrogens is 1. The lowest BCUT2D eigenvalue weighted by molar-refractivity contribution is 0.0968. The summed E-state index contributed by atoms with van der Waals surface area (Å²) in [5, 5.41) is 30.3. The number of rotatable bonds is 1. The van der Waals surface area contributed by atoms with E-state index in [2.05, 4.69) is 0 Å². The Labute approximate surface area is 146 Å². The standard InChI is InChI=1S/C20H13NO5/c22-15-10-13-16(19(25)18(15)24)21(20(26)11-6-2-1-3-7-11)14-9-5-4-8-12(14)17(13)23/h1-10,22,24-25H. The van der Waals surface area contributed by atoms with Gasteiger partial charge in [0, 0.05) is 10.9 Å². The minimum atomic E-state index is -0.790. The Balaban J connectivity index is 2.26. The maximum absolute atomic E-state index is 13.1. The van der Waals surface area contributed by atoms with Gasteiger partial charge in [-0.3, -0.25) is 14.2 Å². The molecular formula is C20H13NO5. The van der Waals surface area contributed by atoms with Crippen LogP contribution in [0.1, 0.15) is 10.4 Å². The maximum atomic E-state index is 13.1. The Bertz CT molecular complexity index is 1240. The number of phenols is 3. The van der Waals surface area contributed by atoms with Crippen molar-refractivity contribution < 1.29 is 20.1 Å². The van der Waals surface area contributed by atoms with Crippen LogP contribution in [0.2, 0.25) is 0 Å². The zero-order valence-electron chi connectivity index (χ0n) is 13.4. The largest absolute Gasteiger partial charge is 0.504 e. The van der Waals surface area contributed by atoms with E-state index in [9.17, 15) is 24.9 Å². The first kappa shape index (κ1) is 15.7. The third-order valence-corrected chi connectivity index (χ3v) is 4.31. The Morgan fingerprint density at radius 3 is 2.19 bits per heavy atom. The van der Waals surface area contributed by atoms with E-state index in [1.807, 2.05) is 0 Å². The van der Waals surface area contributed by atoms with Crippen molar-refractivity contribution in [3.63, 3.8) is 0 Å². The van der Waals surface area contributed by atoms with Gasteiger partial charge in [0.2, 0.25) is 5.75 Å². The molecule has 0 fully saturated rings. The van der Waals surface area contributed by atoms with Crippen molar-refractivity contribution in [3.8, 4) is 17.2 Å². The number of hydrogen-bond donors (Lipinski definition) is 3. The molecule has 0 atom stereocenters. The van der Waals surface area contributed by atoms with Crippen LogP contribution in [0.4, 0.5) is 0 Å². The first-order chi connectivity index (χ1) is 12.5. The number of carbonyl (C=O) groups is 1. The van der Waals surface area contributed by atoms with Crippen LogP contribution in [0.3, 0.4) is 0 Å². The van der Waals surface area contributed by atoms with Crippen LogP contribution in [-0.2, 0) is 0 Å². The fourth-order valence-electron chi connectivity index (χ4n) is 3.08. The van der Waals surface area contributed by atoms with Crippen LogP contribution < -0.4 is 5.43 Å². The van der Waals surface area contributed by atoms with E-state index < -0.39 is 28.6 Å². The summed E-state index contributed by atoms with van der Waals surface area (Å²) in [6.07, 6.45) is 0. The van der Waals surface area contributed by atoms with Gasteiger partial charge in [0.1, 0.15) is 5.52 Å². The predicted molar refractivity (Wildman–Crippen MR) is 96.9 cm³/mol. The van der Waals surface area contributed by atoms with Crippen molar-refractivity contribution in [1.29, 1.82) is 0 Å². The summed E-state index contributed by atoms with van der Waals surface area (Å²) in [7, 11) is 0. The number of carbonyl (C=O) groups excluding carboxylic acids is 1. The van der Waals surface area contributed by atoms with E-state index in [1.54, 1.807) is 54.6 Å². The van der Waals surface area contributed by atoms with E-state index >= 15 is 0 Å². The summed E-state index contributed by atoms with van der Waals surface area (Å²) in [4.78, 5) is 25.9. The first-order valence-electron chi connectivity index (χ1n) is 7.82. The monoisotopic (exact) mass is 347 g/mol. The molecule has 0 amide bonds. The van der Waals surface area contributed by atoms with Gasteiger partial charge in [0.05, 0.1) is 10.9 Å². The minimum Gasteiger partial charge on any atom is -0.504 e. The molecule has 0 aliphatic heterocycles. The van der Waals surface area contributed by atoms with Crippen molar-refractivity contribution in [2.75, 3.05) is 0 Å². The highest BCUT2D eigenvalue weighted by Crippen LogP contribution is 2.41. The number of fused-ring (bicyclic) bond motifs is 2. The van der Waals surface area contributed by atoms with Gasteiger partial charge in [0.15, 0.2) is 16.9 Å². The van der Waals surface area contributed by atoms with Crippen molar-refractivity contribution in [2.45, 2.75) is 0 Å². The predicted octanol–water partition coefficient (Wildman–Crippen LogP) is 2.96. The highest BCUT2D eigenvalue weighted by Gasteiger charge is 2.23. The van der Waals surface area contributed by atoms with Crippen molar-refractivity contribution in [3.05, 3.63) is 76.5 Å². The van der Waals surface area contributed by atoms with Gasteiger partial charge in [-0.25, -0.2) is 0 Å². The van der Waals surface area contributed by atoms with Gasteiger partial charge in [-0.2, -0.15) is 0 Å². The van der Waals surface area contributed by atoms with Crippen LogP contribution >= 0.6 is 0 Å². The summed E-state index contributed by atoms with van der Waals surface area (Å²) in [6, 6.07) is 15.9. The second-order valence-electron chi connectivity index (χ2n) is 5.84. The fourth-order valence-corrected chi connectivity index (χ4v) is 3.08. The van der Waals surface area contributed by atoms with E-state index in [0.29, 0.717) is 11.1 Å². The normalized spacial score (nSPS) is 11.1. The molecule has 3 aromatic carbocycles. The number of hydrogen-bond acceptors (Lipinski definition) is 5. The van der Waals surface area contributed by atoms with Gasteiger partial charge < -0.3 is 15.3 Å². The average molecular weight is 347 g/mol. The Morgan fingerprint density at radius 2 is 1.46 bits per heavy atom. The van der Waals surface area contributed by atoms with Gasteiger partial charge in [-0.15, -0.1) is 0 Å². The SMILES string of the molecule is O=C(c1ccccc1)n1c2ccccc2c(=O)c2cc(O)c(O)c(O)c21. The third kappa shape index (κ3) is 2.12. The summed E-state index contributed by atoms with van der Waals surface area (Å²) < 4.78 is 1.18. The molecule has 26 heavy (non-hydrogen) atoms. The number of benzene rings is 3. The van der Waals surface area contributed by atoms with Crippen molar-refractivity contribution in [2.24, 2.45) is 0 Å². The second-order valence-corrected chi connectivity index (χ2v) is 5.84. The van der Waals surface area contributed by atoms with Crippen molar-refractivity contribution >= 4 is 27.7 Å². The van der Waals surface area contributed by atoms with E-state index in [1.165, 1.54) is 4.57 Å². The summed E-state index contributed by atoms with van der Waals surface area (Å²) >= 11 is 0. The molecule has 0 saturated carbocycles. The molecule has 6 heteroatoms. The van der Waals surface area contributed by atoms with Gasteiger partial charge in [-0.05, 0) is 30.3 Å². The molecule has 0 bridgehead atoms. The molecule has 0 radical (unpaired) electrons. The number of aromatic hydroxyl groups is 3. The average Bonchev–Trinajstić information content (AvgIpc) is 2.67. The molecule has 0 saturated heterocycles. The molecule has 4 aromatic rings. The molecular weight excluding hydrogens is 334 g/mol. The van der Waals surface area contributed by atoms with Gasteiger partial charge in [-0.1, -0.05) is 30.3 Å². The molecule has 4 rings (SSSR count). The Morgan fingerprint density at radius 1 is 0.808 bits per heavy atom. The third-order valence-electron chi connectivity index (χ3n) is 4.31. The first-order valence-corrected chi connectivity index (χ1v) is 7.82. The molecule has 128 valence electrons. The number of para-hydroxylation sites is 1. The maximum Gasteiger partial charge on any atom is 0.263 e. The van der Waals surface area contributed by atoms with Crippen LogP contribution in [-0.4, -0.2) is 25.8 Å². The quantitative estimate of drug-likeness (QED) is 0.363. The molecule has 0 spiro atoms. The van der Waals surface area contributed by atoms with Crippen LogP contribution in [0, 0.1) is 0 Å². The molecule has 1 heterocycles. The minimum absolute atomic E-state index is 0.0687. The van der Waals surface area contributed by atoms with Crippen LogP contribution in [0.5, 0.6) is 17.2 Å². The number of nitrogens with zero attached hydrogens (tertiary/aromatic N) is 1. The lowest BCUT2D eigenvalue weighted by atomic mass is 10.1. The lowest BCUT2D eigenvalue weighted by Crippen LogP contribution is -2.18. The summed E-state index contributed by atoms with van der Waals surface area (Å²) in [5.74, 6) is -2.64. The molecule has 0 aliphatic rings. The highest BCUT2D eigenvalue weighted by atomic mass is 16.3. The molecule has 0 unspecified atom stereocenters. The second kappa shape index (κ2) is 5.63. The van der Waals surface area contributed by atoms with E-state index in [-0.39, 0.29) is 16.3 Å². The summed E-state index contributed by atoms with van der Waals surface area (Å²) in [5.41, 5.74) is 0.0185. The highest BCUT2D eigenvalue weighted by molar-refractivity contribution is 6.10. The number of phenolic OH excluding ortho intramolecular Hbond substituents is 3. The van der Waals surface area contributed by atoms with E-state index in [4.69, 9.17) is 0 Å². The van der Waals surface area contributed by atoms with Gasteiger partial charge >= 0.3 is 0 Å². The van der Waals surface area contributed by atoms with Crippen LogP contribution in [0.25, 0.3) is 21.8 Å². The molecule has 0 aliphatic carbocycles. The van der Waals surface area contributed by atoms with Gasteiger partial charge in [0.25, 0.3) is 5.91 Å². The topological polar surface area (TPSA) is 99.8 Å². The molecule has 1 aromatic heterocycles. The number of pyridine rings is 1. The molecule has 3 N–H and O–H groups in total. The summed E-state index contributed by atoms with van der Waals surface area (Å²) in [6.45, 7) is 0. The van der Waals surface area contributed by atoms with E-state index in [0.717, 1.165) is 6.07 Å². The zero-order valence-corrected chi connectivity index (χ0v) is 13.4. The fraction of sp³-hybridized carbons (Fsp3) is 0.